The number of carboxylic acid groups (broad SMARTS) is 1. The summed E-state index contributed by atoms with van der Waals surface area (Å²) in [7, 11) is 0. The fraction of sp³-hybridized carbons (Fsp3) is 0.607. The maximum absolute atomic E-state index is 12.8. The second-order valence-corrected chi connectivity index (χ2v) is 11.0. The predicted molar refractivity (Wildman–Crippen MR) is 152 cm³/mol. The lowest BCUT2D eigenvalue weighted by Gasteiger charge is -2.27. The van der Waals surface area contributed by atoms with Crippen molar-refractivity contribution in [3.63, 3.8) is 0 Å². The molecule has 43 heavy (non-hydrogen) atoms. The van der Waals surface area contributed by atoms with Crippen LogP contribution in [0.4, 0.5) is 35.5 Å². The van der Waals surface area contributed by atoms with E-state index in [1.165, 1.54) is 18.2 Å². The van der Waals surface area contributed by atoms with Gasteiger partial charge in [0.2, 0.25) is 11.9 Å². The lowest BCUT2D eigenvalue weighted by Crippen LogP contribution is -2.38. The van der Waals surface area contributed by atoms with Crippen LogP contribution in [0.1, 0.15) is 76.1 Å². The highest BCUT2D eigenvalue weighted by Gasteiger charge is 2.29. The molecule has 0 fully saturated rings. The average molecular weight is 613 g/mol. The lowest BCUT2D eigenvalue weighted by molar-refractivity contribution is -0.154. The Hall–Kier alpha value is -4.04. The number of hydrogen-bond donors (Lipinski definition) is 3. The number of hydrogen-bond acceptors (Lipinski definition) is 10. The summed E-state index contributed by atoms with van der Waals surface area (Å²) < 4.78 is 54.4. The topological polar surface area (TPSA) is 148 Å². The van der Waals surface area contributed by atoms with Crippen LogP contribution in [0.5, 0.6) is 11.8 Å². The molecule has 4 bridgehead atoms. The van der Waals surface area contributed by atoms with Crippen LogP contribution in [0.2, 0.25) is 0 Å². The highest BCUT2D eigenvalue weighted by Crippen LogP contribution is 2.27. The van der Waals surface area contributed by atoms with E-state index in [1.54, 1.807) is 25.7 Å². The Morgan fingerprint density at radius 3 is 2.35 bits per heavy atom. The number of nitrogens with one attached hydrogen (secondary N) is 2. The Labute approximate surface area is 248 Å². The number of benzene rings is 1. The molecule has 2 heterocycles. The first-order valence-corrected chi connectivity index (χ1v) is 14.2. The van der Waals surface area contributed by atoms with Crippen molar-refractivity contribution in [1.29, 1.82) is 0 Å². The molecule has 12 nitrogen and oxygen atoms in total. The molecule has 0 aliphatic carbocycles. The van der Waals surface area contributed by atoms with Crippen molar-refractivity contribution in [3.8, 4) is 11.8 Å². The molecule has 1 aliphatic rings. The van der Waals surface area contributed by atoms with Gasteiger partial charge in [0.05, 0.1) is 6.61 Å². The molecule has 238 valence electrons. The Balaban J connectivity index is 1.83. The van der Waals surface area contributed by atoms with Gasteiger partial charge >= 0.3 is 24.2 Å². The Morgan fingerprint density at radius 2 is 1.65 bits per heavy atom. The molecule has 1 aromatic heterocycles. The van der Waals surface area contributed by atoms with Gasteiger partial charge in [0, 0.05) is 31.4 Å². The minimum atomic E-state index is -4.59. The summed E-state index contributed by atoms with van der Waals surface area (Å²) in [5.41, 5.74) is -0.419. The molecule has 15 heteroatoms. The summed E-state index contributed by atoms with van der Waals surface area (Å²) in [4.78, 5) is 38.4. The summed E-state index contributed by atoms with van der Waals surface area (Å²) >= 11 is 0. The summed E-state index contributed by atoms with van der Waals surface area (Å²) in [6, 6.07) is 3.67. The zero-order valence-electron chi connectivity index (χ0n) is 24.6. The highest BCUT2D eigenvalue weighted by molar-refractivity contribution is 5.91. The first kappa shape index (κ1) is 33.5. The van der Waals surface area contributed by atoms with E-state index in [0.717, 1.165) is 38.5 Å². The first-order valence-electron chi connectivity index (χ1n) is 14.2. The molecule has 1 amide bonds. The molecule has 0 atom stereocenters. The first-order chi connectivity index (χ1) is 20.3. The molecule has 1 aromatic carbocycles. The normalized spacial score (nSPS) is 16.0. The number of fused-ring (bicyclic) bond motifs is 4. The maximum atomic E-state index is 12.8. The van der Waals surface area contributed by atoms with Gasteiger partial charge in [0.25, 0.3) is 0 Å². The third-order valence-corrected chi connectivity index (χ3v) is 6.07. The van der Waals surface area contributed by atoms with Crippen LogP contribution >= 0.6 is 0 Å². The van der Waals surface area contributed by atoms with Gasteiger partial charge in [-0.2, -0.15) is 28.1 Å². The summed E-state index contributed by atoms with van der Waals surface area (Å²) in [6.07, 6.45) is 0.742. The van der Waals surface area contributed by atoms with Gasteiger partial charge in [-0.25, -0.2) is 9.59 Å². The Bertz CT molecular complexity index is 1220. The number of ether oxygens (including phenoxy) is 3. The SMILES string of the molecule is CC(C)(C)OC(=O)N1CCCCCCCCNc2nc(nc(OCC(F)(F)F)n2)Nc2ccc(C(=O)O)c(c2)OCCC1. The van der Waals surface area contributed by atoms with Gasteiger partial charge in [-0.05, 0) is 52.2 Å². The number of alkyl halides is 3. The average Bonchev–Trinajstić information content (AvgIpc) is 2.90. The molecule has 0 unspecified atom stereocenters. The zero-order valence-corrected chi connectivity index (χ0v) is 24.6. The van der Waals surface area contributed by atoms with E-state index in [2.05, 4.69) is 25.6 Å². The third-order valence-electron chi connectivity index (χ3n) is 6.07. The Morgan fingerprint density at radius 1 is 0.977 bits per heavy atom. The van der Waals surface area contributed by atoms with Crippen molar-refractivity contribution in [3.05, 3.63) is 23.8 Å². The van der Waals surface area contributed by atoms with Crippen LogP contribution in [0.15, 0.2) is 18.2 Å². The maximum Gasteiger partial charge on any atom is 0.422 e. The number of carboxylic acids is 1. The van der Waals surface area contributed by atoms with Gasteiger partial charge in [-0.3, -0.25) is 0 Å². The van der Waals surface area contributed by atoms with E-state index in [0.29, 0.717) is 31.7 Å². The molecule has 1 aliphatic heterocycles. The number of carbonyl (C=O) groups is 2. The number of carbonyl (C=O) groups excluding carboxylic acids is 1. The number of rotatable bonds is 3. The quantitative estimate of drug-likeness (QED) is 0.373. The molecule has 0 spiro atoms. The minimum Gasteiger partial charge on any atom is -0.493 e. The molecule has 0 radical (unpaired) electrons. The van der Waals surface area contributed by atoms with Crippen molar-refractivity contribution in [2.24, 2.45) is 0 Å². The summed E-state index contributed by atoms with van der Waals surface area (Å²) in [5, 5.41) is 15.5. The van der Waals surface area contributed by atoms with Crippen molar-refractivity contribution in [2.45, 2.75) is 77.5 Å². The van der Waals surface area contributed by atoms with Crippen LogP contribution in [-0.2, 0) is 4.74 Å². The van der Waals surface area contributed by atoms with Crippen LogP contribution in [0, 0.1) is 0 Å². The second kappa shape index (κ2) is 15.4. The van der Waals surface area contributed by atoms with E-state index in [4.69, 9.17) is 14.2 Å². The monoisotopic (exact) mass is 612 g/mol. The number of amides is 1. The van der Waals surface area contributed by atoms with Gasteiger partial charge in [-0.1, -0.05) is 25.7 Å². The van der Waals surface area contributed by atoms with Crippen molar-refractivity contribution < 1.29 is 42.1 Å². The van der Waals surface area contributed by atoms with E-state index < -0.39 is 36.5 Å². The van der Waals surface area contributed by atoms with Gasteiger partial charge in [0.1, 0.15) is 16.9 Å². The number of halogens is 3. The largest absolute Gasteiger partial charge is 0.493 e. The fourth-order valence-electron chi connectivity index (χ4n) is 4.12. The lowest BCUT2D eigenvalue weighted by atomic mass is 10.1. The molecule has 2 aromatic rings. The number of nitrogens with zero attached hydrogens (tertiary/aromatic N) is 4. The van der Waals surface area contributed by atoms with Crippen LogP contribution < -0.4 is 20.1 Å². The van der Waals surface area contributed by atoms with E-state index in [-0.39, 0.29) is 29.8 Å². The molecule has 0 saturated carbocycles. The third kappa shape index (κ3) is 12.4. The summed E-state index contributed by atoms with van der Waals surface area (Å²) in [5.74, 6) is -1.24. The van der Waals surface area contributed by atoms with Crippen molar-refractivity contribution >= 4 is 29.6 Å². The van der Waals surface area contributed by atoms with Gasteiger partial charge < -0.3 is 34.9 Å². The van der Waals surface area contributed by atoms with E-state index in [1.807, 2.05) is 0 Å². The second-order valence-electron chi connectivity index (χ2n) is 11.0. The molecular weight excluding hydrogens is 573 g/mol. The number of aromatic carboxylic acids is 1. The molecule has 3 N–H and O–H groups in total. The Kier molecular flexibility index (Phi) is 12.0. The smallest absolute Gasteiger partial charge is 0.422 e. The fourth-order valence-corrected chi connectivity index (χ4v) is 4.12. The molecular formula is C28H39F3N6O6. The molecule has 0 saturated heterocycles. The summed E-state index contributed by atoms with van der Waals surface area (Å²) in [6.45, 7) is 5.30. The van der Waals surface area contributed by atoms with E-state index in [9.17, 15) is 27.9 Å². The zero-order chi connectivity index (χ0) is 31.5. The minimum absolute atomic E-state index is 0.0291. The molecule has 3 rings (SSSR count). The van der Waals surface area contributed by atoms with Crippen LogP contribution in [0.25, 0.3) is 0 Å². The van der Waals surface area contributed by atoms with Gasteiger partial charge in [0.15, 0.2) is 6.61 Å². The number of anilines is 3. The number of aromatic nitrogens is 3. The standard InChI is InChI=1S/C28H39F3N6O6/c1-27(2,3)43-26(40)37-14-9-7-5-4-6-8-13-32-23-34-24(36-25(35-23)42-18-28(29,30)31)33-19-11-12-20(22(38)39)21(17-19)41-16-10-15-37/h11-12,17H,4-10,13-16,18H2,1-3H3,(H,38,39)(H2,32,33,34,35,36). The van der Waals surface area contributed by atoms with Crippen molar-refractivity contribution in [2.75, 3.05) is 43.5 Å². The van der Waals surface area contributed by atoms with Crippen LogP contribution in [-0.4, -0.2) is 81.6 Å². The van der Waals surface area contributed by atoms with Crippen molar-refractivity contribution in [1.82, 2.24) is 19.9 Å². The highest BCUT2D eigenvalue weighted by atomic mass is 19.4. The van der Waals surface area contributed by atoms with Gasteiger partial charge in [-0.15, -0.1) is 0 Å². The predicted octanol–water partition coefficient (Wildman–Crippen LogP) is 6.03. The van der Waals surface area contributed by atoms with Crippen LogP contribution in [0.3, 0.4) is 0 Å². The van der Waals surface area contributed by atoms with E-state index >= 15 is 0 Å².